The zero-order valence-corrected chi connectivity index (χ0v) is 32.2. The van der Waals surface area contributed by atoms with E-state index in [0.29, 0.717) is 28.1 Å². The topological polar surface area (TPSA) is 200 Å². The van der Waals surface area contributed by atoms with Crippen LogP contribution in [0.25, 0.3) is 22.3 Å². The highest BCUT2D eigenvalue weighted by molar-refractivity contribution is 6.40. The van der Waals surface area contributed by atoms with Crippen molar-refractivity contribution in [3.63, 3.8) is 0 Å². The van der Waals surface area contributed by atoms with Gasteiger partial charge in [0.05, 0.1) is 46.4 Å². The number of aromatic hydroxyl groups is 3. The molecule has 8 bridgehead atoms. The molecule has 5 aliphatic rings. The summed E-state index contributed by atoms with van der Waals surface area (Å²) < 4.78 is 69.7. The minimum absolute atomic E-state index is 0.0192. The van der Waals surface area contributed by atoms with Crippen LogP contribution in [0.1, 0.15) is 22.3 Å². The number of halogens is 4. The van der Waals surface area contributed by atoms with Crippen LogP contribution in [0.2, 0.25) is 0 Å². The van der Waals surface area contributed by atoms with Crippen LogP contribution in [0.5, 0.6) is 23.0 Å². The van der Waals surface area contributed by atoms with Crippen LogP contribution in [0, 0.1) is 23.3 Å². The van der Waals surface area contributed by atoms with Gasteiger partial charge in [0.1, 0.15) is 41.4 Å². The minimum Gasteiger partial charge on any atom is -0.508 e. The molecule has 12 nitrogen and oxygen atoms in total. The van der Waals surface area contributed by atoms with Gasteiger partial charge in [-0.25, -0.2) is 28.8 Å². The van der Waals surface area contributed by atoms with Crippen molar-refractivity contribution in [2.24, 2.45) is 20.0 Å². The fourth-order valence-electron chi connectivity index (χ4n) is 7.51. The lowest BCUT2D eigenvalue weighted by molar-refractivity contribution is 0.0503. The molecule has 1 unspecified atom stereocenters. The Labute approximate surface area is 353 Å². The van der Waals surface area contributed by atoms with Crippen molar-refractivity contribution in [3.05, 3.63) is 189 Å². The molecule has 0 amide bonds. The van der Waals surface area contributed by atoms with Gasteiger partial charge < -0.3 is 40.5 Å². The van der Waals surface area contributed by atoms with Gasteiger partial charge in [0, 0.05) is 22.3 Å². The van der Waals surface area contributed by atoms with Crippen molar-refractivity contribution in [2.75, 3.05) is 13.2 Å². The van der Waals surface area contributed by atoms with Gasteiger partial charge in [0.2, 0.25) is 11.6 Å². The third-order valence-corrected chi connectivity index (χ3v) is 10.3. The third kappa shape index (κ3) is 7.02. The second kappa shape index (κ2) is 15.7. The standard InChI is InChI=1S/C47H30F4N4O8/c48-39-38(40(49)42(51)47(41(39)50)63-20-27(60)19-56)37-33-15-13-31(54-33)35(22-5-2-8-25(58)17-22)29-11-10-28(52-29)34(21-4-1-7-24(57)16-21)30-12-14-32(53-30)36(23-6-3-9-26(59)18-23)43-45(61)46(62)44(37)55-43/h1-18,27,56-62H,19-20H2. The second-order valence-corrected chi connectivity index (χ2v) is 14.4. The van der Waals surface area contributed by atoms with Crippen LogP contribution in [0.15, 0.2) is 164 Å². The van der Waals surface area contributed by atoms with E-state index in [1.165, 1.54) is 60.7 Å². The molecule has 0 saturated carbocycles. The molecule has 5 aliphatic heterocycles. The van der Waals surface area contributed by atoms with E-state index in [9.17, 15) is 30.6 Å². The SMILES string of the molecule is OCC(O)COc1c(F)c(F)c(C2=C3N=C(C(O)=C3O)C(c3cccc(O)c3)=C3C=CC(=N3)C(c3cccc(O)c3)=C3C=CC(=N3)C(c3cccc(O)c3)=C3C=CC2=N3)c(F)c1F. The summed E-state index contributed by atoms with van der Waals surface area (Å²) in [5.41, 5.74) is -1.12. The maximum atomic E-state index is 16.5. The molecule has 7 N–H and O–H groups in total. The molecule has 4 aromatic carbocycles. The lowest BCUT2D eigenvalue weighted by Crippen LogP contribution is -2.22. The molecule has 5 heterocycles. The summed E-state index contributed by atoms with van der Waals surface area (Å²) in [5, 5.41) is 74.1. The Hall–Kier alpha value is -8.08. The number of aliphatic hydroxyl groups excluding tert-OH is 4. The Morgan fingerprint density at radius 2 is 0.937 bits per heavy atom. The number of nitrogens with zero attached hydrogens (tertiary/aromatic N) is 4. The molecule has 4 aromatic rings. The molecule has 1 atom stereocenters. The number of benzene rings is 4. The normalized spacial score (nSPS) is 17.3. The lowest BCUT2D eigenvalue weighted by atomic mass is 9.96. The number of fused-ring (bicyclic) bond motifs is 4. The first-order valence-electron chi connectivity index (χ1n) is 19.0. The van der Waals surface area contributed by atoms with E-state index in [0.717, 1.165) is 0 Å². The summed E-state index contributed by atoms with van der Waals surface area (Å²) in [6.07, 6.45) is 7.44. The highest BCUT2D eigenvalue weighted by Crippen LogP contribution is 2.44. The number of phenols is 3. The zero-order chi connectivity index (χ0) is 44.3. The van der Waals surface area contributed by atoms with Crippen LogP contribution in [-0.2, 0) is 0 Å². The fourth-order valence-corrected chi connectivity index (χ4v) is 7.51. The molecule has 0 radical (unpaired) electrons. The van der Waals surface area contributed by atoms with Crippen molar-refractivity contribution < 1.29 is 58.0 Å². The summed E-state index contributed by atoms with van der Waals surface area (Å²) in [7, 11) is 0. The lowest BCUT2D eigenvalue weighted by Gasteiger charge is -2.17. The highest BCUT2D eigenvalue weighted by Gasteiger charge is 2.38. The van der Waals surface area contributed by atoms with Crippen molar-refractivity contribution in [3.8, 4) is 23.0 Å². The van der Waals surface area contributed by atoms with E-state index in [-0.39, 0.29) is 51.1 Å². The Balaban J connectivity index is 1.41. The number of aliphatic hydroxyl groups is 4. The Morgan fingerprint density at radius 1 is 0.508 bits per heavy atom. The predicted molar refractivity (Wildman–Crippen MR) is 226 cm³/mol. The summed E-state index contributed by atoms with van der Waals surface area (Å²) in [4.78, 5) is 19.0. The number of allylic oxidation sites excluding steroid dienone is 10. The number of hydrogen-bond donors (Lipinski definition) is 7. The maximum absolute atomic E-state index is 16.5. The summed E-state index contributed by atoms with van der Waals surface area (Å²) >= 11 is 0. The molecular weight excluding hydrogens is 825 g/mol. The number of ether oxygens (including phenoxy) is 1. The molecule has 314 valence electrons. The molecule has 0 aromatic heterocycles. The van der Waals surface area contributed by atoms with Crippen LogP contribution in [-0.4, -0.2) is 77.9 Å². The monoisotopic (exact) mass is 854 g/mol. The summed E-state index contributed by atoms with van der Waals surface area (Å²) in [5.74, 6) is -12.2. The Kier molecular flexibility index (Phi) is 10.1. The minimum atomic E-state index is -2.05. The van der Waals surface area contributed by atoms with Gasteiger partial charge in [-0.2, -0.15) is 8.78 Å². The molecule has 0 aliphatic carbocycles. The zero-order valence-electron chi connectivity index (χ0n) is 32.2. The van der Waals surface area contributed by atoms with Gasteiger partial charge in [0.15, 0.2) is 28.9 Å². The predicted octanol–water partition coefficient (Wildman–Crippen LogP) is 7.87. The number of aliphatic imine (C=N–C) groups is 4. The molecule has 63 heavy (non-hydrogen) atoms. The van der Waals surface area contributed by atoms with E-state index >= 15 is 17.6 Å². The first-order valence-corrected chi connectivity index (χ1v) is 19.0. The molecule has 9 rings (SSSR count). The quantitative estimate of drug-likeness (QED) is 0.0686. The van der Waals surface area contributed by atoms with Crippen molar-refractivity contribution in [1.82, 2.24) is 0 Å². The first kappa shape index (κ1) is 40.3. The molecule has 0 saturated heterocycles. The van der Waals surface area contributed by atoms with E-state index < -0.39 is 88.1 Å². The van der Waals surface area contributed by atoms with Crippen LogP contribution in [0.3, 0.4) is 0 Å². The Morgan fingerprint density at radius 3 is 1.38 bits per heavy atom. The second-order valence-electron chi connectivity index (χ2n) is 14.4. The largest absolute Gasteiger partial charge is 0.508 e. The van der Waals surface area contributed by atoms with E-state index in [2.05, 4.69) is 9.98 Å². The van der Waals surface area contributed by atoms with Crippen molar-refractivity contribution in [1.29, 1.82) is 0 Å². The van der Waals surface area contributed by atoms with Crippen LogP contribution in [0.4, 0.5) is 17.6 Å². The van der Waals surface area contributed by atoms with Gasteiger partial charge in [-0.1, -0.05) is 36.4 Å². The smallest absolute Gasteiger partial charge is 0.204 e. The first-order chi connectivity index (χ1) is 30.3. The number of rotatable bonds is 8. The van der Waals surface area contributed by atoms with Gasteiger partial charge in [-0.3, -0.25) is 0 Å². The number of hydrogen-bond acceptors (Lipinski definition) is 12. The fraction of sp³-hybridized carbons (Fsp3) is 0.0638. The number of phenolic OH excluding ortho intramolecular Hbond substituents is 3. The van der Waals surface area contributed by atoms with E-state index in [4.69, 9.17) is 19.8 Å². The summed E-state index contributed by atoms with van der Waals surface area (Å²) in [6.45, 7) is -1.84. The van der Waals surface area contributed by atoms with E-state index in [1.54, 1.807) is 48.6 Å². The molecule has 0 fully saturated rings. The summed E-state index contributed by atoms with van der Waals surface area (Å²) in [6, 6.07) is 18.1. The average molecular weight is 855 g/mol. The molecular formula is C47H30F4N4O8. The van der Waals surface area contributed by atoms with Gasteiger partial charge in [0.25, 0.3) is 0 Å². The van der Waals surface area contributed by atoms with Crippen molar-refractivity contribution >= 4 is 45.1 Å². The van der Waals surface area contributed by atoms with Gasteiger partial charge in [-0.05, 0) is 89.5 Å². The van der Waals surface area contributed by atoms with Crippen LogP contribution >= 0.6 is 0 Å². The highest BCUT2D eigenvalue weighted by atomic mass is 19.2. The Bertz CT molecular complexity index is 3080. The molecule has 16 heteroatoms. The van der Waals surface area contributed by atoms with E-state index in [1.807, 2.05) is 0 Å². The van der Waals surface area contributed by atoms with Gasteiger partial charge in [-0.15, -0.1) is 0 Å². The third-order valence-electron chi connectivity index (χ3n) is 10.3. The van der Waals surface area contributed by atoms with Gasteiger partial charge >= 0.3 is 0 Å². The van der Waals surface area contributed by atoms with Crippen molar-refractivity contribution in [2.45, 2.75) is 6.10 Å². The molecule has 0 spiro atoms. The average Bonchev–Trinajstić information content (AvgIpc) is 4.10. The van der Waals surface area contributed by atoms with Crippen LogP contribution < -0.4 is 4.74 Å². The maximum Gasteiger partial charge on any atom is 0.204 e.